The highest BCUT2D eigenvalue weighted by molar-refractivity contribution is 5.44. The van der Waals surface area contributed by atoms with Crippen LogP contribution >= 0.6 is 0 Å². The molecule has 0 saturated carbocycles. The van der Waals surface area contributed by atoms with Crippen molar-refractivity contribution in [1.29, 1.82) is 0 Å². The number of phenolic OH excluding ortho intramolecular Hbond substituents is 1. The number of hydrogen-bond donors (Lipinski definition) is 1. The van der Waals surface area contributed by atoms with Crippen LogP contribution in [-0.4, -0.2) is 10.1 Å². The second kappa shape index (κ2) is 4.30. The first-order valence-corrected chi connectivity index (χ1v) is 4.56. The van der Waals surface area contributed by atoms with Gasteiger partial charge in [-0.1, -0.05) is 17.9 Å². The van der Waals surface area contributed by atoms with Gasteiger partial charge in [-0.15, -0.1) is 0 Å². The predicted octanol–water partition coefficient (Wildman–Crippen LogP) is 2.19. The maximum absolute atomic E-state index is 9.23. The Morgan fingerprint density at radius 3 is 2.40 bits per heavy atom. The average Bonchev–Trinajstić information content (AvgIpc) is 2.28. The van der Waals surface area contributed by atoms with Gasteiger partial charge < -0.3 is 5.11 Å². The van der Waals surface area contributed by atoms with Gasteiger partial charge in [0.15, 0.2) is 0 Å². The largest absolute Gasteiger partial charge is 0.508 e. The van der Waals surface area contributed by atoms with Gasteiger partial charge in [-0.25, -0.2) is 0 Å². The molecule has 0 unspecified atom stereocenters. The highest BCUT2D eigenvalue weighted by Gasteiger charge is 1.88. The van der Waals surface area contributed by atoms with E-state index in [9.17, 15) is 5.11 Å². The summed E-state index contributed by atoms with van der Waals surface area (Å²) in [6.45, 7) is 0. The van der Waals surface area contributed by atoms with Crippen molar-refractivity contribution < 1.29 is 5.11 Å². The Morgan fingerprint density at radius 1 is 0.933 bits per heavy atom. The summed E-state index contributed by atoms with van der Waals surface area (Å²) in [6, 6.07) is 10.6. The molecule has 0 radical (unpaired) electrons. The van der Waals surface area contributed by atoms with Crippen molar-refractivity contribution in [3.63, 3.8) is 0 Å². The molecular weight excluding hydrogens is 186 g/mol. The lowest BCUT2D eigenvalue weighted by atomic mass is 10.2. The minimum Gasteiger partial charge on any atom is -0.508 e. The molecule has 0 aliphatic heterocycles. The molecule has 0 bridgehead atoms. The first-order valence-electron chi connectivity index (χ1n) is 4.56. The molecule has 1 aromatic heterocycles. The zero-order valence-corrected chi connectivity index (χ0v) is 8.01. The third-order valence-corrected chi connectivity index (χ3v) is 1.88. The molecule has 15 heavy (non-hydrogen) atoms. The van der Waals surface area contributed by atoms with E-state index in [1.54, 1.807) is 30.6 Å². The summed E-state index contributed by atoms with van der Waals surface area (Å²) >= 11 is 0. The van der Waals surface area contributed by atoms with E-state index in [0.29, 0.717) is 0 Å². The van der Waals surface area contributed by atoms with E-state index in [4.69, 9.17) is 0 Å². The van der Waals surface area contributed by atoms with Crippen molar-refractivity contribution in [3.8, 4) is 17.6 Å². The zero-order valence-electron chi connectivity index (χ0n) is 8.01. The van der Waals surface area contributed by atoms with Gasteiger partial charge in [-0.3, -0.25) is 4.98 Å². The van der Waals surface area contributed by atoms with Crippen molar-refractivity contribution in [2.24, 2.45) is 0 Å². The van der Waals surface area contributed by atoms with Crippen LogP contribution in [-0.2, 0) is 0 Å². The van der Waals surface area contributed by atoms with Crippen LogP contribution in [0.4, 0.5) is 0 Å². The Morgan fingerprint density at radius 2 is 1.67 bits per heavy atom. The first kappa shape index (κ1) is 9.29. The normalized spacial score (nSPS) is 9.07. The fourth-order valence-corrected chi connectivity index (χ4v) is 1.16. The number of hydrogen-bond acceptors (Lipinski definition) is 2. The Hall–Kier alpha value is -2.27. The highest BCUT2D eigenvalue weighted by Crippen LogP contribution is 2.09. The number of aromatic hydroxyl groups is 1. The quantitative estimate of drug-likeness (QED) is 0.653. The molecular formula is C13H9NO. The Kier molecular flexibility index (Phi) is 2.66. The summed E-state index contributed by atoms with van der Waals surface area (Å²) in [5.74, 6) is 6.18. The summed E-state index contributed by atoms with van der Waals surface area (Å²) in [7, 11) is 0. The van der Waals surface area contributed by atoms with Crippen molar-refractivity contribution in [3.05, 3.63) is 59.9 Å². The van der Waals surface area contributed by atoms with Crippen LogP contribution in [0.5, 0.6) is 5.75 Å². The summed E-state index contributed by atoms with van der Waals surface area (Å²) < 4.78 is 0. The number of nitrogens with zero attached hydrogens (tertiary/aromatic N) is 1. The van der Waals surface area contributed by atoms with E-state index in [1.807, 2.05) is 18.2 Å². The number of benzene rings is 1. The van der Waals surface area contributed by atoms with E-state index >= 15 is 0 Å². The van der Waals surface area contributed by atoms with E-state index in [-0.39, 0.29) is 5.75 Å². The molecule has 1 aromatic carbocycles. The number of aromatic nitrogens is 1. The maximum atomic E-state index is 9.23. The van der Waals surface area contributed by atoms with E-state index in [2.05, 4.69) is 16.8 Å². The molecule has 0 amide bonds. The lowest BCUT2D eigenvalue weighted by Crippen LogP contribution is -1.76. The van der Waals surface area contributed by atoms with Crippen molar-refractivity contribution in [1.82, 2.24) is 4.98 Å². The molecule has 0 aliphatic rings. The second-order valence-corrected chi connectivity index (χ2v) is 3.04. The van der Waals surface area contributed by atoms with Crippen LogP contribution in [0.3, 0.4) is 0 Å². The highest BCUT2D eigenvalue weighted by atomic mass is 16.3. The minimum absolute atomic E-state index is 0.233. The molecule has 72 valence electrons. The van der Waals surface area contributed by atoms with Crippen LogP contribution in [0, 0.1) is 11.8 Å². The minimum atomic E-state index is 0.233. The van der Waals surface area contributed by atoms with Gasteiger partial charge in [0.2, 0.25) is 0 Å². The molecule has 0 saturated heterocycles. The SMILES string of the molecule is Oc1cccc(C#Cc2ccncc2)c1. The van der Waals surface area contributed by atoms with Crippen LogP contribution < -0.4 is 0 Å². The summed E-state index contributed by atoms with van der Waals surface area (Å²) in [5.41, 5.74) is 1.71. The lowest BCUT2D eigenvalue weighted by Gasteiger charge is -1.91. The molecule has 0 atom stereocenters. The maximum Gasteiger partial charge on any atom is 0.116 e. The molecule has 1 N–H and O–H groups in total. The molecule has 0 fully saturated rings. The Labute approximate surface area is 88.2 Å². The third kappa shape index (κ3) is 2.58. The van der Waals surface area contributed by atoms with Crippen molar-refractivity contribution in [2.75, 3.05) is 0 Å². The predicted molar refractivity (Wildman–Crippen MR) is 58.3 cm³/mol. The molecule has 2 rings (SSSR count). The molecule has 0 spiro atoms. The first-order chi connectivity index (χ1) is 7.34. The van der Waals surface area contributed by atoms with Gasteiger partial charge in [0, 0.05) is 23.5 Å². The van der Waals surface area contributed by atoms with Crippen molar-refractivity contribution >= 4 is 0 Å². The van der Waals surface area contributed by atoms with Gasteiger partial charge in [-0.2, -0.15) is 0 Å². The molecule has 0 aliphatic carbocycles. The van der Waals surface area contributed by atoms with E-state index in [0.717, 1.165) is 11.1 Å². The van der Waals surface area contributed by atoms with Gasteiger partial charge in [0.25, 0.3) is 0 Å². The summed E-state index contributed by atoms with van der Waals surface area (Å²) in [4.78, 5) is 3.91. The monoisotopic (exact) mass is 195 g/mol. The van der Waals surface area contributed by atoms with Crippen LogP contribution in [0.25, 0.3) is 0 Å². The zero-order chi connectivity index (χ0) is 10.5. The average molecular weight is 195 g/mol. The smallest absolute Gasteiger partial charge is 0.116 e. The van der Waals surface area contributed by atoms with Gasteiger partial charge in [0.1, 0.15) is 5.75 Å². The molecule has 2 heteroatoms. The lowest BCUT2D eigenvalue weighted by molar-refractivity contribution is 0.475. The van der Waals surface area contributed by atoms with Crippen LogP contribution in [0.15, 0.2) is 48.8 Å². The van der Waals surface area contributed by atoms with Crippen LogP contribution in [0.2, 0.25) is 0 Å². The molecule has 2 nitrogen and oxygen atoms in total. The van der Waals surface area contributed by atoms with Gasteiger partial charge in [-0.05, 0) is 30.3 Å². The van der Waals surface area contributed by atoms with Gasteiger partial charge >= 0.3 is 0 Å². The number of pyridine rings is 1. The fourth-order valence-electron chi connectivity index (χ4n) is 1.16. The summed E-state index contributed by atoms with van der Waals surface area (Å²) in [6.07, 6.45) is 3.40. The number of rotatable bonds is 0. The fraction of sp³-hybridized carbons (Fsp3) is 0. The van der Waals surface area contributed by atoms with E-state index in [1.165, 1.54) is 0 Å². The second-order valence-electron chi connectivity index (χ2n) is 3.04. The summed E-state index contributed by atoms with van der Waals surface area (Å²) in [5, 5.41) is 9.23. The van der Waals surface area contributed by atoms with Gasteiger partial charge in [0.05, 0.1) is 0 Å². The topological polar surface area (TPSA) is 33.1 Å². The van der Waals surface area contributed by atoms with Crippen molar-refractivity contribution in [2.45, 2.75) is 0 Å². The van der Waals surface area contributed by atoms with E-state index < -0.39 is 0 Å². The molecule has 1 heterocycles. The van der Waals surface area contributed by atoms with Crippen LogP contribution in [0.1, 0.15) is 11.1 Å². The Bertz CT molecular complexity index is 509. The standard InChI is InChI=1S/C13H9NO/c15-13-3-1-2-12(10-13)5-4-11-6-8-14-9-7-11/h1-3,6-10,15H. The Balaban J connectivity index is 2.26. The third-order valence-electron chi connectivity index (χ3n) is 1.88. The number of phenols is 1. The molecule has 2 aromatic rings.